The summed E-state index contributed by atoms with van der Waals surface area (Å²) in [6, 6.07) is 10.6. The van der Waals surface area contributed by atoms with Crippen LogP contribution in [0.25, 0.3) is 10.9 Å². The van der Waals surface area contributed by atoms with Crippen LogP contribution in [0.1, 0.15) is 50.6 Å². The molecule has 0 unspecified atom stereocenters. The number of rotatable bonds is 8. The molecule has 0 aliphatic carbocycles. The van der Waals surface area contributed by atoms with Gasteiger partial charge in [-0.25, -0.2) is 14.4 Å². The Morgan fingerprint density at radius 1 is 1.15 bits per heavy atom. The van der Waals surface area contributed by atoms with Gasteiger partial charge in [-0.3, -0.25) is 9.59 Å². The Morgan fingerprint density at radius 2 is 1.90 bits per heavy atom. The van der Waals surface area contributed by atoms with Gasteiger partial charge in [0.15, 0.2) is 0 Å². The number of nitrogens with two attached hydrogens (primary N) is 1. The Morgan fingerprint density at radius 3 is 2.60 bits per heavy atom. The third kappa shape index (κ3) is 5.99. The number of aromatic nitrogens is 3. The molecule has 1 fully saturated rings. The van der Waals surface area contributed by atoms with Crippen molar-refractivity contribution in [1.82, 2.24) is 19.4 Å². The lowest BCUT2D eigenvalue weighted by atomic mass is 9.88. The van der Waals surface area contributed by atoms with E-state index in [0.717, 1.165) is 11.1 Å². The number of likely N-dealkylation sites (tertiary alicyclic amines) is 1. The van der Waals surface area contributed by atoms with Crippen molar-refractivity contribution in [1.29, 1.82) is 0 Å². The van der Waals surface area contributed by atoms with Gasteiger partial charge in [0.05, 0.1) is 28.9 Å². The summed E-state index contributed by atoms with van der Waals surface area (Å²) >= 11 is 0. The highest BCUT2D eigenvalue weighted by molar-refractivity contribution is 6.15. The molecule has 2 amide bonds. The van der Waals surface area contributed by atoms with Crippen LogP contribution in [0, 0.1) is 5.82 Å². The van der Waals surface area contributed by atoms with E-state index in [0.29, 0.717) is 73.4 Å². The average molecular weight is 567 g/mol. The molecule has 3 heterocycles. The molecule has 40 heavy (non-hydrogen) atoms. The van der Waals surface area contributed by atoms with Crippen LogP contribution in [0.2, 0.25) is 0 Å². The van der Waals surface area contributed by atoms with E-state index in [1.165, 1.54) is 24.8 Å². The molecule has 1 aliphatic heterocycles. The van der Waals surface area contributed by atoms with Gasteiger partial charge in [0, 0.05) is 57.3 Å². The predicted octanol–water partition coefficient (Wildman–Crippen LogP) is 4.37. The number of benzene rings is 2. The lowest BCUT2D eigenvalue weighted by Gasteiger charge is -2.32. The maximum Gasteiger partial charge on any atom is 0.258 e. The lowest BCUT2D eigenvalue weighted by Crippen LogP contribution is -2.38. The molecule has 3 N–H and O–H groups in total. The normalized spacial score (nSPS) is 13.7. The van der Waals surface area contributed by atoms with E-state index >= 15 is 0 Å². The molecule has 0 radical (unpaired) electrons. The number of nitrogens with zero attached hydrogens (tertiary/aromatic N) is 4. The van der Waals surface area contributed by atoms with Gasteiger partial charge in [0.1, 0.15) is 12.1 Å². The molecule has 0 saturated carbocycles. The zero-order valence-corrected chi connectivity index (χ0v) is 23.0. The first-order chi connectivity index (χ1) is 19.0. The number of methoxy groups -OCH3 is 1. The quantitative estimate of drug-likeness (QED) is 0.327. The molecule has 210 valence electrons. The Labute approximate surface area is 237 Å². The fourth-order valence-electron chi connectivity index (χ4n) is 5.20. The van der Waals surface area contributed by atoms with Gasteiger partial charge in [0.25, 0.3) is 11.8 Å². The van der Waals surface area contributed by atoms with Crippen molar-refractivity contribution in [2.75, 3.05) is 32.1 Å². The SMILES string of the molecule is COCCn1cc(C(=O)N2CCC(c3cc(CN)ccc3F)CC2)c2c(NC(=O)c3cncnc3)cccc21.Cl. The monoisotopic (exact) mass is 566 g/mol. The van der Waals surface area contributed by atoms with E-state index in [1.54, 1.807) is 24.1 Å². The highest BCUT2D eigenvalue weighted by Gasteiger charge is 2.29. The fraction of sp³-hybridized carbons (Fsp3) is 0.310. The predicted molar refractivity (Wildman–Crippen MR) is 153 cm³/mol. The summed E-state index contributed by atoms with van der Waals surface area (Å²) in [5, 5.41) is 3.59. The Bertz CT molecular complexity index is 1490. The molecule has 0 bridgehead atoms. The Hall–Kier alpha value is -3.86. The van der Waals surface area contributed by atoms with Crippen LogP contribution < -0.4 is 11.1 Å². The minimum atomic E-state index is -0.367. The highest BCUT2D eigenvalue weighted by atomic mass is 35.5. The summed E-state index contributed by atoms with van der Waals surface area (Å²) in [7, 11) is 1.63. The second-order valence-electron chi connectivity index (χ2n) is 9.64. The van der Waals surface area contributed by atoms with Crippen molar-refractivity contribution in [3.63, 3.8) is 0 Å². The number of hydrogen-bond donors (Lipinski definition) is 2. The van der Waals surface area contributed by atoms with Gasteiger partial charge in [-0.15, -0.1) is 12.4 Å². The molecule has 2 aromatic carbocycles. The summed E-state index contributed by atoms with van der Waals surface area (Å²) in [6.07, 6.45) is 7.36. The van der Waals surface area contributed by atoms with Crippen LogP contribution in [-0.4, -0.2) is 58.1 Å². The molecule has 2 aromatic heterocycles. The summed E-state index contributed by atoms with van der Waals surface area (Å²) in [5.74, 6) is -0.710. The van der Waals surface area contributed by atoms with Crippen LogP contribution in [0.5, 0.6) is 0 Å². The van der Waals surface area contributed by atoms with E-state index in [1.807, 2.05) is 29.0 Å². The first-order valence-electron chi connectivity index (χ1n) is 12.9. The van der Waals surface area contributed by atoms with E-state index in [-0.39, 0.29) is 36.0 Å². The molecule has 9 nitrogen and oxygen atoms in total. The van der Waals surface area contributed by atoms with E-state index in [4.69, 9.17) is 10.5 Å². The third-order valence-corrected chi connectivity index (χ3v) is 7.26. The standard InChI is InChI=1S/C29H31FN6O3.ClH/c1-39-12-11-36-17-23(27-25(3-2-4-26(27)36)34-28(37)21-15-32-18-33-16-21)29(38)35-9-7-20(8-10-35)22-13-19(14-31)5-6-24(22)30;/h2-6,13,15-18,20H,7-12,14,31H2,1H3,(H,34,37);1H. The highest BCUT2D eigenvalue weighted by Crippen LogP contribution is 2.34. The van der Waals surface area contributed by atoms with E-state index in [2.05, 4.69) is 15.3 Å². The summed E-state index contributed by atoms with van der Waals surface area (Å²) < 4.78 is 21.8. The van der Waals surface area contributed by atoms with Gasteiger partial charge in [0.2, 0.25) is 0 Å². The second kappa shape index (κ2) is 13.0. The van der Waals surface area contributed by atoms with Crippen molar-refractivity contribution in [3.05, 3.63) is 89.4 Å². The number of amides is 2. The molecular weight excluding hydrogens is 535 g/mol. The van der Waals surface area contributed by atoms with Crippen molar-refractivity contribution in [2.24, 2.45) is 5.73 Å². The van der Waals surface area contributed by atoms with E-state index < -0.39 is 0 Å². The number of carbonyl (C=O) groups excluding carboxylic acids is 2. The second-order valence-corrected chi connectivity index (χ2v) is 9.64. The Balaban J connectivity index is 0.00000370. The van der Waals surface area contributed by atoms with Crippen LogP contribution in [-0.2, 0) is 17.8 Å². The number of ether oxygens (including phenoxy) is 1. The molecule has 1 aliphatic rings. The van der Waals surface area contributed by atoms with Crippen LogP contribution in [0.3, 0.4) is 0 Å². The van der Waals surface area contributed by atoms with E-state index in [9.17, 15) is 14.0 Å². The fourth-order valence-corrected chi connectivity index (χ4v) is 5.20. The minimum absolute atomic E-state index is 0. The van der Waals surface area contributed by atoms with Crippen molar-refractivity contribution in [2.45, 2.75) is 31.8 Å². The third-order valence-electron chi connectivity index (χ3n) is 7.26. The first-order valence-corrected chi connectivity index (χ1v) is 12.9. The number of hydrogen-bond acceptors (Lipinski definition) is 6. The van der Waals surface area contributed by atoms with Crippen molar-refractivity contribution in [3.8, 4) is 0 Å². The van der Waals surface area contributed by atoms with Gasteiger partial charge in [-0.2, -0.15) is 0 Å². The first kappa shape index (κ1) is 29.1. The summed E-state index contributed by atoms with van der Waals surface area (Å²) in [4.78, 5) is 36.4. The maximum absolute atomic E-state index is 14.6. The van der Waals surface area contributed by atoms with Crippen LogP contribution in [0.4, 0.5) is 10.1 Å². The van der Waals surface area contributed by atoms with Crippen LogP contribution in [0.15, 0.2) is 61.3 Å². The summed E-state index contributed by atoms with van der Waals surface area (Å²) in [5.41, 5.74) is 9.46. The number of anilines is 1. The smallest absolute Gasteiger partial charge is 0.258 e. The molecule has 1 saturated heterocycles. The largest absolute Gasteiger partial charge is 0.383 e. The zero-order chi connectivity index (χ0) is 27.4. The Kier molecular flexibility index (Phi) is 9.46. The summed E-state index contributed by atoms with van der Waals surface area (Å²) in [6.45, 7) is 2.36. The average Bonchev–Trinajstić information content (AvgIpc) is 3.36. The molecule has 0 atom stereocenters. The molecular formula is C29H32ClFN6O3. The number of carbonyl (C=O) groups is 2. The van der Waals surface area contributed by atoms with Crippen LogP contribution >= 0.6 is 12.4 Å². The van der Waals surface area contributed by atoms with Gasteiger partial charge >= 0.3 is 0 Å². The molecule has 4 aromatic rings. The minimum Gasteiger partial charge on any atom is -0.383 e. The number of halogens is 2. The lowest BCUT2D eigenvalue weighted by molar-refractivity contribution is 0.0713. The van der Waals surface area contributed by atoms with Crippen molar-refractivity contribution >= 4 is 40.8 Å². The van der Waals surface area contributed by atoms with Crippen molar-refractivity contribution < 1.29 is 18.7 Å². The van der Waals surface area contributed by atoms with Gasteiger partial charge in [-0.1, -0.05) is 18.2 Å². The topological polar surface area (TPSA) is 115 Å². The molecule has 11 heteroatoms. The number of piperidine rings is 1. The molecule has 0 spiro atoms. The van der Waals surface area contributed by atoms with Gasteiger partial charge in [-0.05, 0) is 48.1 Å². The number of fused-ring (bicyclic) bond motifs is 1. The maximum atomic E-state index is 14.6. The van der Waals surface area contributed by atoms with Gasteiger partial charge < -0.3 is 25.3 Å². The molecule has 5 rings (SSSR count). The zero-order valence-electron chi connectivity index (χ0n) is 22.2. The number of nitrogens with one attached hydrogen (secondary N) is 1.